The van der Waals surface area contributed by atoms with Crippen molar-refractivity contribution in [2.24, 2.45) is 0 Å². The quantitative estimate of drug-likeness (QED) is 0.747. The zero-order chi connectivity index (χ0) is 13.9. The van der Waals surface area contributed by atoms with Gasteiger partial charge < -0.3 is 14.8 Å². The molecule has 5 nitrogen and oxygen atoms in total. The molecule has 0 bridgehead atoms. The van der Waals surface area contributed by atoms with E-state index in [-0.39, 0.29) is 6.54 Å². The maximum absolute atomic E-state index is 12.9. The molecule has 0 saturated carbocycles. The third-order valence-corrected chi connectivity index (χ3v) is 2.64. The summed E-state index contributed by atoms with van der Waals surface area (Å²) in [6.45, 7) is 0.266. The molecular weight excluding hydrogens is 256 g/mol. The summed E-state index contributed by atoms with van der Waals surface area (Å²) >= 11 is 0. The van der Waals surface area contributed by atoms with Gasteiger partial charge in [0.05, 0.1) is 12.7 Å². The van der Waals surface area contributed by atoms with Gasteiger partial charge in [0.1, 0.15) is 18.1 Å². The number of aryl methyl sites for hydroxylation is 1. The molecule has 0 radical (unpaired) electrons. The van der Waals surface area contributed by atoms with Crippen molar-refractivity contribution in [2.45, 2.75) is 19.4 Å². The molecule has 19 heavy (non-hydrogen) atoms. The summed E-state index contributed by atoms with van der Waals surface area (Å²) in [5.41, 5.74) is 1.39. The molecule has 2 rings (SSSR count). The van der Waals surface area contributed by atoms with Crippen LogP contribution in [0.2, 0.25) is 0 Å². The van der Waals surface area contributed by atoms with Crippen LogP contribution in [0.15, 0.2) is 22.7 Å². The van der Waals surface area contributed by atoms with E-state index in [9.17, 15) is 8.78 Å². The first-order valence-corrected chi connectivity index (χ1v) is 5.80. The van der Waals surface area contributed by atoms with Crippen molar-refractivity contribution in [3.8, 4) is 11.5 Å². The fourth-order valence-corrected chi connectivity index (χ4v) is 1.66. The highest BCUT2D eigenvalue weighted by molar-refractivity contribution is 5.56. The van der Waals surface area contributed by atoms with Crippen molar-refractivity contribution >= 4 is 0 Å². The molecule has 104 valence electrons. The van der Waals surface area contributed by atoms with Crippen molar-refractivity contribution in [1.82, 2.24) is 15.5 Å². The van der Waals surface area contributed by atoms with Crippen molar-refractivity contribution < 1.29 is 18.3 Å². The summed E-state index contributed by atoms with van der Waals surface area (Å²) in [5, 5.41) is 17.7. The lowest BCUT2D eigenvalue weighted by atomic mass is 10.2. The highest BCUT2D eigenvalue weighted by atomic mass is 19.3. The van der Waals surface area contributed by atoms with Crippen molar-refractivity contribution in [3.63, 3.8) is 0 Å². The Labute approximate surface area is 108 Å². The Balaban J connectivity index is 2.01. The fraction of sp³-hybridized carbons (Fsp3) is 0.417. The average Bonchev–Trinajstić information content (AvgIpc) is 2.97. The maximum atomic E-state index is 12.9. The first-order chi connectivity index (χ1) is 9.02. The molecule has 2 aromatic heterocycles. The van der Waals surface area contributed by atoms with Gasteiger partial charge in [0.15, 0.2) is 5.76 Å². The Bertz CT molecular complexity index is 537. The smallest absolute Gasteiger partial charge is 0.282 e. The number of rotatable bonds is 6. The molecule has 7 heteroatoms. The lowest BCUT2D eigenvalue weighted by molar-refractivity contribution is -0.0477. The van der Waals surface area contributed by atoms with Crippen LogP contribution in [0.4, 0.5) is 8.78 Å². The molecule has 0 aliphatic carbocycles. The van der Waals surface area contributed by atoms with E-state index >= 15 is 0 Å². The number of nitrogens with zero attached hydrogens (tertiary/aromatic N) is 1. The predicted molar refractivity (Wildman–Crippen MR) is 64.8 cm³/mol. The van der Waals surface area contributed by atoms with Crippen molar-refractivity contribution in [1.29, 1.82) is 0 Å². The minimum atomic E-state index is -3.12. The Kier molecular flexibility index (Phi) is 3.96. The van der Waals surface area contributed by atoms with E-state index in [1.54, 1.807) is 12.3 Å². The zero-order valence-corrected chi connectivity index (χ0v) is 10.4. The molecule has 0 atom stereocenters. The number of aliphatic hydroxyl groups is 1. The fourth-order valence-electron chi connectivity index (χ4n) is 1.66. The second-order valence-corrected chi connectivity index (χ2v) is 4.30. The van der Waals surface area contributed by atoms with Crippen LogP contribution < -0.4 is 5.32 Å². The normalized spacial score (nSPS) is 12.0. The largest absolute Gasteiger partial charge is 0.460 e. The minimum absolute atomic E-state index is 0.209. The number of halogens is 2. The number of alkyl halides is 2. The van der Waals surface area contributed by atoms with Crippen molar-refractivity contribution in [3.05, 3.63) is 29.7 Å². The molecule has 0 unspecified atom stereocenters. The van der Waals surface area contributed by atoms with E-state index in [2.05, 4.69) is 15.5 Å². The molecule has 0 amide bonds. The van der Waals surface area contributed by atoms with Gasteiger partial charge in [0.2, 0.25) is 0 Å². The van der Waals surface area contributed by atoms with Crippen molar-refractivity contribution in [2.75, 3.05) is 13.2 Å². The van der Waals surface area contributed by atoms with Gasteiger partial charge in [0.25, 0.3) is 5.92 Å². The lowest BCUT2D eigenvalue weighted by Crippen LogP contribution is -2.35. The average molecular weight is 271 g/mol. The van der Waals surface area contributed by atoms with Gasteiger partial charge in [-0.3, -0.25) is 5.10 Å². The van der Waals surface area contributed by atoms with Crippen LogP contribution >= 0.6 is 0 Å². The molecule has 3 N–H and O–H groups in total. The third kappa shape index (κ3) is 3.39. The highest BCUT2D eigenvalue weighted by Crippen LogP contribution is 2.23. The van der Waals surface area contributed by atoms with Crippen LogP contribution in [0.5, 0.6) is 0 Å². The van der Waals surface area contributed by atoms with Gasteiger partial charge in [-0.25, -0.2) is 8.78 Å². The summed E-state index contributed by atoms with van der Waals surface area (Å²) in [6.07, 6.45) is 1.55. The summed E-state index contributed by atoms with van der Waals surface area (Å²) in [4.78, 5) is 0. The zero-order valence-electron chi connectivity index (χ0n) is 10.4. The van der Waals surface area contributed by atoms with Crippen LogP contribution in [0.25, 0.3) is 11.5 Å². The standard InChI is InChI=1S/C12H15F2N3O2/c1-8-2-3-10(19-8)11-9(5-16-17-11)4-15-6-12(13,14)7-18/h2-3,5,15,18H,4,6-7H2,1H3,(H,16,17). The Morgan fingerprint density at radius 3 is 2.89 bits per heavy atom. The van der Waals surface area contributed by atoms with Crippen LogP contribution in [-0.2, 0) is 6.54 Å². The van der Waals surface area contributed by atoms with Crippen LogP contribution in [-0.4, -0.2) is 34.4 Å². The van der Waals surface area contributed by atoms with Gasteiger partial charge >= 0.3 is 0 Å². The van der Waals surface area contributed by atoms with Gasteiger partial charge in [-0.15, -0.1) is 0 Å². The summed E-state index contributed by atoms with van der Waals surface area (Å²) in [6, 6.07) is 3.60. The highest BCUT2D eigenvalue weighted by Gasteiger charge is 2.27. The number of furan rings is 1. The molecule has 0 fully saturated rings. The summed E-state index contributed by atoms with van der Waals surface area (Å²) in [7, 11) is 0. The lowest BCUT2D eigenvalue weighted by Gasteiger charge is -2.13. The molecule has 0 saturated heterocycles. The number of aliphatic hydroxyl groups excluding tert-OH is 1. The predicted octanol–water partition coefficient (Wildman–Crippen LogP) is 1.70. The van der Waals surface area contributed by atoms with Crippen LogP contribution in [0, 0.1) is 6.92 Å². The summed E-state index contributed by atoms with van der Waals surface area (Å²) in [5.74, 6) is -1.75. The summed E-state index contributed by atoms with van der Waals surface area (Å²) < 4.78 is 31.2. The third-order valence-electron chi connectivity index (χ3n) is 2.64. The van der Waals surface area contributed by atoms with Gasteiger partial charge in [0, 0.05) is 12.1 Å². The van der Waals surface area contributed by atoms with E-state index in [0.717, 1.165) is 11.3 Å². The number of hydrogen-bond donors (Lipinski definition) is 3. The number of hydrogen-bond acceptors (Lipinski definition) is 4. The second-order valence-electron chi connectivity index (χ2n) is 4.30. The molecule has 0 aromatic carbocycles. The SMILES string of the molecule is Cc1ccc(-c2[nH]ncc2CNCC(F)(F)CO)o1. The van der Waals surface area contributed by atoms with Gasteiger partial charge in [-0.2, -0.15) is 5.10 Å². The Hall–Kier alpha value is -1.73. The number of aromatic nitrogens is 2. The molecule has 0 spiro atoms. The van der Waals surface area contributed by atoms with E-state index in [0.29, 0.717) is 11.5 Å². The molecular formula is C12H15F2N3O2. The topological polar surface area (TPSA) is 74.1 Å². The van der Waals surface area contributed by atoms with E-state index in [1.165, 1.54) is 0 Å². The number of aromatic amines is 1. The molecule has 0 aliphatic rings. The molecule has 2 aromatic rings. The van der Waals surface area contributed by atoms with Gasteiger partial charge in [-0.05, 0) is 19.1 Å². The second kappa shape index (κ2) is 5.50. The van der Waals surface area contributed by atoms with E-state index < -0.39 is 19.1 Å². The molecule has 2 heterocycles. The van der Waals surface area contributed by atoms with Crippen LogP contribution in [0.1, 0.15) is 11.3 Å². The van der Waals surface area contributed by atoms with E-state index in [4.69, 9.17) is 9.52 Å². The first kappa shape index (κ1) is 13.7. The van der Waals surface area contributed by atoms with E-state index in [1.807, 2.05) is 13.0 Å². The minimum Gasteiger partial charge on any atom is -0.460 e. The Morgan fingerprint density at radius 1 is 1.47 bits per heavy atom. The Morgan fingerprint density at radius 2 is 2.26 bits per heavy atom. The number of H-pyrrole nitrogens is 1. The molecule has 0 aliphatic heterocycles. The number of nitrogens with one attached hydrogen (secondary N) is 2. The monoisotopic (exact) mass is 271 g/mol. The van der Waals surface area contributed by atoms with Gasteiger partial charge in [-0.1, -0.05) is 0 Å². The first-order valence-electron chi connectivity index (χ1n) is 5.80. The maximum Gasteiger partial charge on any atom is 0.282 e. The van der Waals surface area contributed by atoms with Crippen LogP contribution in [0.3, 0.4) is 0 Å².